The Kier molecular flexibility index (Phi) is 5.58. The van der Waals surface area contributed by atoms with Crippen molar-refractivity contribution in [2.75, 3.05) is 13.2 Å². The Morgan fingerprint density at radius 3 is 2.55 bits per heavy atom. The molecule has 1 aliphatic carbocycles. The molecule has 2 rings (SSSR count). The highest BCUT2D eigenvalue weighted by atomic mass is 16.5. The molecule has 0 fully saturated rings. The van der Waals surface area contributed by atoms with Crippen molar-refractivity contribution in [3.63, 3.8) is 0 Å². The van der Waals surface area contributed by atoms with Gasteiger partial charge in [-0.2, -0.15) is 0 Å². The summed E-state index contributed by atoms with van der Waals surface area (Å²) in [6, 6.07) is 7.87. The average molecular weight is 300 g/mol. The molecule has 3 heteroatoms. The molecule has 118 valence electrons. The van der Waals surface area contributed by atoms with Crippen LogP contribution in [0.4, 0.5) is 0 Å². The molecule has 1 aromatic rings. The normalized spacial score (nSPS) is 18.9. The number of benzene rings is 1. The largest absolute Gasteiger partial charge is 0.491 e. The lowest BCUT2D eigenvalue weighted by molar-refractivity contribution is -0.0325. The smallest absolute Gasteiger partial charge is 0.119 e. The van der Waals surface area contributed by atoms with E-state index in [-0.39, 0.29) is 13.2 Å². The van der Waals surface area contributed by atoms with E-state index in [1.54, 1.807) is 6.92 Å². The van der Waals surface area contributed by atoms with Gasteiger partial charge in [0, 0.05) is 0 Å². The van der Waals surface area contributed by atoms with Gasteiger partial charge in [-0.3, -0.25) is 0 Å². The molecule has 1 unspecified atom stereocenters. The molecule has 0 aliphatic heterocycles. The van der Waals surface area contributed by atoms with Gasteiger partial charge in [-0.05, 0) is 50.0 Å². The van der Waals surface area contributed by atoms with Crippen LogP contribution in [0.5, 0.6) is 5.75 Å². The van der Waals surface area contributed by atoms with Gasteiger partial charge in [-0.25, -0.2) is 0 Å². The summed E-state index contributed by atoms with van der Waals surface area (Å²) in [7, 11) is 0. The monoisotopic (exact) mass is 300 g/mol. The molecule has 1 aromatic carbocycles. The lowest BCUT2D eigenvalue weighted by Crippen LogP contribution is -2.36. The van der Waals surface area contributed by atoms with Crippen LogP contribution in [-0.2, 0) is 6.42 Å². The van der Waals surface area contributed by atoms with E-state index >= 15 is 0 Å². The van der Waals surface area contributed by atoms with E-state index in [0.29, 0.717) is 5.75 Å². The molecule has 0 saturated carbocycles. The van der Waals surface area contributed by atoms with E-state index in [0.717, 1.165) is 12.8 Å². The van der Waals surface area contributed by atoms with Crippen LogP contribution >= 0.6 is 0 Å². The Labute approximate surface area is 132 Å². The summed E-state index contributed by atoms with van der Waals surface area (Å²) in [6.45, 7) is 3.47. The van der Waals surface area contributed by atoms with Crippen molar-refractivity contribution in [1.29, 1.82) is 0 Å². The number of ether oxygens (including phenoxy) is 1. The zero-order valence-electron chi connectivity index (χ0n) is 13.2. The lowest BCUT2D eigenvalue weighted by Gasteiger charge is -2.20. The molecule has 0 saturated heterocycles. The molecule has 0 aromatic heterocycles. The minimum absolute atomic E-state index is 0.0725. The minimum Gasteiger partial charge on any atom is -0.491 e. The fraction of sp³-hybridized carbons (Fsp3) is 0.368. The van der Waals surface area contributed by atoms with E-state index in [1.807, 2.05) is 24.3 Å². The van der Waals surface area contributed by atoms with Gasteiger partial charge in [0.1, 0.15) is 18.0 Å². The van der Waals surface area contributed by atoms with Crippen molar-refractivity contribution in [1.82, 2.24) is 0 Å². The molecule has 3 nitrogen and oxygen atoms in total. The van der Waals surface area contributed by atoms with Crippen LogP contribution in [0, 0.1) is 0 Å². The summed E-state index contributed by atoms with van der Waals surface area (Å²) in [5.74, 6) is 0.697. The second kappa shape index (κ2) is 7.43. The number of rotatable bonds is 6. The van der Waals surface area contributed by atoms with Gasteiger partial charge in [-0.15, -0.1) is 0 Å². The first-order valence-corrected chi connectivity index (χ1v) is 7.57. The van der Waals surface area contributed by atoms with E-state index in [1.165, 1.54) is 16.7 Å². The molecule has 22 heavy (non-hydrogen) atoms. The molecule has 2 N–H and O–H groups in total. The second-order valence-electron chi connectivity index (χ2n) is 6.06. The summed E-state index contributed by atoms with van der Waals surface area (Å²) in [6.07, 6.45) is 10.4. The van der Waals surface area contributed by atoms with Gasteiger partial charge < -0.3 is 14.9 Å². The van der Waals surface area contributed by atoms with Crippen LogP contribution in [0.25, 0.3) is 0 Å². The van der Waals surface area contributed by atoms with Crippen LogP contribution in [0.2, 0.25) is 0 Å². The number of aliphatic hydroxyl groups is 2. The summed E-state index contributed by atoms with van der Waals surface area (Å²) in [5, 5.41) is 18.7. The molecule has 0 heterocycles. The quantitative estimate of drug-likeness (QED) is 0.848. The first kappa shape index (κ1) is 16.5. The highest BCUT2D eigenvalue weighted by Crippen LogP contribution is 2.21. The number of aliphatic hydroxyl groups excluding tert-OH is 1. The number of hydrogen-bond donors (Lipinski definition) is 2. The van der Waals surface area contributed by atoms with Crippen LogP contribution < -0.4 is 4.74 Å². The zero-order chi connectivity index (χ0) is 16.0. The van der Waals surface area contributed by atoms with E-state index in [9.17, 15) is 5.11 Å². The molecule has 0 spiro atoms. The van der Waals surface area contributed by atoms with E-state index in [4.69, 9.17) is 9.84 Å². The van der Waals surface area contributed by atoms with Crippen LogP contribution in [0.1, 0.15) is 25.8 Å². The Morgan fingerprint density at radius 2 is 1.95 bits per heavy atom. The summed E-state index contributed by atoms with van der Waals surface area (Å²) < 4.78 is 5.50. The fourth-order valence-corrected chi connectivity index (χ4v) is 2.24. The molecular formula is C19H24O3. The van der Waals surface area contributed by atoms with Gasteiger partial charge in [0.05, 0.1) is 6.61 Å². The summed E-state index contributed by atoms with van der Waals surface area (Å²) in [4.78, 5) is 0. The van der Waals surface area contributed by atoms with Gasteiger partial charge >= 0.3 is 0 Å². The number of hydrogen-bond acceptors (Lipinski definition) is 3. The van der Waals surface area contributed by atoms with Crippen LogP contribution in [0.3, 0.4) is 0 Å². The highest BCUT2D eigenvalue weighted by molar-refractivity contribution is 5.36. The average Bonchev–Trinajstić information content (AvgIpc) is 2.55. The highest BCUT2D eigenvalue weighted by Gasteiger charge is 2.19. The molecule has 0 bridgehead atoms. The SMILES string of the molecule is CC(Cc1ccc(OCC(C)(O)CO)cc1)=C1C=CC=CC1. The van der Waals surface area contributed by atoms with Crippen molar-refractivity contribution < 1.29 is 14.9 Å². The third-order valence-electron chi connectivity index (χ3n) is 3.71. The number of allylic oxidation sites excluding steroid dienone is 6. The third-order valence-corrected chi connectivity index (χ3v) is 3.71. The van der Waals surface area contributed by atoms with Gasteiger partial charge in [0.2, 0.25) is 0 Å². The first-order chi connectivity index (χ1) is 10.5. The predicted molar refractivity (Wildman–Crippen MR) is 88.9 cm³/mol. The van der Waals surface area contributed by atoms with Gasteiger partial charge in [0.25, 0.3) is 0 Å². The zero-order valence-corrected chi connectivity index (χ0v) is 13.2. The van der Waals surface area contributed by atoms with Crippen molar-refractivity contribution in [2.24, 2.45) is 0 Å². The maximum atomic E-state index is 9.71. The fourth-order valence-electron chi connectivity index (χ4n) is 2.24. The standard InChI is InChI=1S/C19H24O3/c1-15(17-6-4-3-5-7-17)12-16-8-10-18(11-9-16)22-14-19(2,21)13-20/h3-6,8-11,20-21H,7,12-14H2,1-2H3. The lowest BCUT2D eigenvalue weighted by atomic mass is 9.97. The Morgan fingerprint density at radius 1 is 1.23 bits per heavy atom. The van der Waals surface area contributed by atoms with Crippen LogP contribution in [-0.4, -0.2) is 29.0 Å². The minimum atomic E-state index is -1.21. The first-order valence-electron chi connectivity index (χ1n) is 7.57. The Hall–Kier alpha value is -1.84. The molecule has 1 aliphatic rings. The van der Waals surface area contributed by atoms with Crippen LogP contribution in [0.15, 0.2) is 59.7 Å². The maximum Gasteiger partial charge on any atom is 0.119 e. The van der Waals surface area contributed by atoms with E-state index < -0.39 is 5.60 Å². The van der Waals surface area contributed by atoms with Crippen molar-refractivity contribution in [2.45, 2.75) is 32.3 Å². The van der Waals surface area contributed by atoms with Gasteiger partial charge in [0.15, 0.2) is 0 Å². The third kappa shape index (κ3) is 4.86. The summed E-state index contributed by atoms with van der Waals surface area (Å²) >= 11 is 0. The van der Waals surface area contributed by atoms with Crippen molar-refractivity contribution >= 4 is 0 Å². The van der Waals surface area contributed by atoms with Crippen molar-refractivity contribution in [3.8, 4) is 5.75 Å². The predicted octanol–water partition coefficient (Wildman–Crippen LogP) is 3.18. The molecule has 0 amide bonds. The molecule has 0 radical (unpaired) electrons. The second-order valence-corrected chi connectivity index (χ2v) is 6.06. The summed E-state index contributed by atoms with van der Waals surface area (Å²) in [5.41, 5.74) is 2.77. The van der Waals surface area contributed by atoms with Crippen molar-refractivity contribution in [3.05, 3.63) is 65.3 Å². The maximum absolute atomic E-state index is 9.71. The molecular weight excluding hydrogens is 276 g/mol. The molecule has 1 atom stereocenters. The Balaban J connectivity index is 1.95. The van der Waals surface area contributed by atoms with Gasteiger partial charge in [-0.1, -0.05) is 42.0 Å². The topological polar surface area (TPSA) is 49.7 Å². The Bertz CT molecular complexity index is 577. The van der Waals surface area contributed by atoms with E-state index in [2.05, 4.69) is 31.2 Å².